The summed E-state index contributed by atoms with van der Waals surface area (Å²) in [4.78, 5) is 21.5. The number of hydrogen-bond donors (Lipinski definition) is 1. The monoisotopic (exact) mass is 271 g/mol. The number of para-hydroxylation sites is 1. The third-order valence-electron chi connectivity index (χ3n) is 2.15. The molecule has 0 fully saturated rings. The third kappa shape index (κ3) is 3.63. The van der Waals surface area contributed by atoms with E-state index in [1.165, 1.54) is 13.2 Å². The molecule has 0 aromatic heterocycles. The minimum atomic E-state index is -0.930. The van der Waals surface area contributed by atoms with Crippen LogP contribution in [0.4, 0.5) is 5.69 Å². The molecule has 1 N–H and O–H groups in total. The van der Waals surface area contributed by atoms with Gasteiger partial charge in [-0.25, -0.2) is 0 Å². The first-order chi connectivity index (χ1) is 8.45. The van der Waals surface area contributed by atoms with E-state index in [-0.39, 0.29) is 23.1 Å². The number of nitro groups is 1. The molecule has 0 heterocycles. The summed E-state index contributed by atoms with van der Waals surface area (Å²) in [5, 5.41) is 19.4. The normalized spacial score (nSPS) is 11.9. The van der Waals surface area contributed by atoms with E-state index >= 15 is 0 Å². The van der Waals surface area contributed by atoms with Crippen LogP contribution in [0.2, 0.25) is 0 Å². The highest BCUT2D eigenvalue weighted by Crippen LogP contribution is 2.39. The lowest BCUT2D eigenvalue weighted by molar-refractivity contribution is -0.388. The zero-order valence-corrected chi connectivity index (χ0v) is 10.8. The lowest BCUT2D eigenvalue weighted by Crippen LogP contribution is -2.06. The van der Waals surface area contributed by atoms with E-state index in [2.05, 4.69) is 0 Å². The van der Waals surface area contributed by atoms with Crippen LogP contribution in [0.5, 0.6) is 5.75 Å². The van der Waals surface area contributed by atoms with Gasteiger partial charge in [-0.3, -0.25) is 14.9 Å². The van der Waals surface area contributed by atoms with Gasteiger partial charge >= 0.3 is 11.7 Å². The van der Waals surface area contributed by atoms with Crippen molar-refractivity contribution in [3.63, 3.8) is 0 Å². The molecule has 0 saturated heterocycles. The standard InChI is InChI=1S/C11H13NO5S/c1-7(6-10(13)14)18-9-5-3-4-8(17-2)11(9)12(15)16/h3-5,7H,6H2,1-2H3,(H,13,14). The highest BCUT2D eigenvalue weighted by Gasteiger charge is 2.22. The summed E-state index contributed by atoms with van der Waals surface area (Å²) in [6.45, 7) is 1.71. The zero-order valence-electron chi connectivity index (χ0n) is 9.95. The quantitative estimate of drug-likeness (QED) is 0.486. The lowest BCUT2D eigenvalue weighted by atomic mass is 10.3. The Morgan fingerprint density at radius 2 is 2.28 bits per heavy atom. The largest absolute Gasteiger partial charge is 0.490 e. The summed E-state index contributed by atoms with van der Waals surface area (Å²) in [6.07, 6.45) is -0.0565. The Morgan fingerprint density at radius 3 is 2.78 bits per heavy atom. The van der Waals surface area contributed by atoms with Gasteiger partial charge in [-0.1, -0.05) is 13.0 Å². The van der Waals surface area contributed by atoms with E-state index in [1.807, 2.05) is 0 Å². The zero-order chi connectivity index (χ0) is 13.7. The maximum atomic E-state index is 11.0. The van der Waals surface area contributed by atoms with Crippen LogP contribution in [0.25, 0.3) is 0 Å². The molecule has 1 aromatic carbocycles. The molecular formula is C11H13NO5S. The van der Waals surface area contributed by atoms with Crippen LogP contribution in [0, 0.1) is 10.1 Å². The third-order valence-corrected chi connectivity index (χ3v) is 3.31. The Balaban J connectivity index is 3.01. The molecule has 1 rings (SSSR count). The van der Waals surface area contributed by atoms with E-state index in [4.69, 9.17) is 9.84 Å². The molecule has 0 aliphatic rings. The van der Waals surface area contributed by atoms with Gasteiger partial charge in [-0.2, -0.15) is 0 Å². The van der Waals surface area contributed by atoms with Gasteiger partial charge in [0, 0.05) is 5.25 Å². The van der Waals surface area contributed by atoms with E-state index in [0.29, 0.717) is 4.90 Å². The summed E-state index contributed by atoms with van der Waals surface area (Å²) in [7, 11) is 1.36. The summed E-state index contributed by atoms with van der Waals surface area (Å²) in [5.74, 6) is -0.756. The summed E-state index contributed by atoms with van der Waals surface area (Å²) in [5.41, 5.74) is -0.123. The van der Waals surface area contributed by atoms with Crippen LogP contribution in [-0.2, 0) is 4.79 Å². The maximum absolute atomic E-state index is 11.0. The van der Waals surface area contributed by atoms with E-state index in [0.717, 1.165) is 11.8 Å². The maximum Gasteiger partial charge on any atom is 0.324 e. The molecule has 0 saturated carbocycles. The van der Waals surface area contributed by atoms with Crippen molar-refractivity contribution in [3.8, 4) is 5.75 Å². The van der Waals surface area contributed by atoms with Crippen molar-refractivity contribution in [2.24, 2.45) is 0 Å². The molecule has 0 spiro atoms. The molecule has 0 amide bonds. The van der Waals surface area contributed by atoms with Gasteiger partial charge in [-0.15, -0.1) is 11.8 Å². The highest BCUT2D eigenvalue weighted by molar-refractivity contribution is 8.00. The number of thioether (sulfide) groups is 1. The summed E-state index contributed by atoms with van der Waals surface area (Å²) in [6, 6.07) is 4.73. The lowest BCUT2D eigenvalue weighted by Gasteiger charge is -2.10. The molecule has 98 valence electrons. The van der Waals surface area contributed by atoms with Gasteiger partial charge in [0.2, 0.25) is 0 Å². The van der Waals surface area contributed by atoms with Gasteiger partial charge in [-0.05, 0) is 12.1 Å². The van der Waals surface area contributed by atoms with Gasteiger partial charge < -0.3 is 9.84 Å². The Bertz CT molecular complexity index is 463. The number of rotatable bonds is 6. The molecule has 7 heteroatoms. The van der Waals surface area contributed by atoms with Crippen molar-refractivity contribution in [2.75, 3.05) is 7.11 Å². The number of nitrogens with zero attached hydrogens (tertiary/aromatic N) is 1. The van der Waals surface area contributed by atoms with Gasteiger partial charge in [0.1, 0.15) is 0 Å². The van der Waals surface area contributed by atoms with Crippen molar-refractivity contribution in [1.82, 2.24) is 0 Å². The number of carbonyl (C=O) groups is 1. The van der Waals surface area contributed by atoms with Crippen molar-refractivity contribution in [1.29, 1.82) is 0 Å². The second-order valence-electron chi connectivity index (χ2n) is 3.59. The Labute approximate surface area is 108 Å². The van der Waals surface area contributed by atoms with Crippen LogP contribution in [0.15, 0.2) is 23.1 Å². The average Bonchev–Trinajstić information content (AvgIpc) is 2.26. The minimum Gasteiger partial charge on any atom is -0.490 e. The fourth-order valence-electron chi connectivity index (χ4n) is 1.45. The molecule has 0 bridgehead atoms. The molecule has 1 atom stereocenters. The molecule has 0 radical (unpaired) electrons. The van der Waals surface area contributed by atoms with E-state index in [1.54, 1.807) is 19.1 Å². The molecule has 18 heavy (non-hydrogen) atoms. The number of ether oxygens (including phenoxy) is 1. The first kappa shape index (κ1) is 14.3. The Hall–Kier alpha value is -1.76. The molecule has 1 unspecified atom stereocenters. The van der Waals surface area contributed by atoms with Crippen LogP contribution < -0.4 is 4.74 Å². The van der Waals surface area contributed by atoms with Crippen molar-refractivity contribution in [2.45, 2.75) is 23.5 Å². The number of carboxylic acids is 1. The van der Waals surface area contributed by atoms with Crippen LogP contribution in [-0.4, -0.2) is 28.4 Å². The minimum absolute atomic E-state index is 0.0565. The predicted molar refractivity (Wildman–Crippen MR) is 67.2 cm³/mol. The predicted octanol–water partition coefficient (Wildman–Crippen LogP) is 2.56. The molecule has 0 aliphatic heterocycles. The van der Waals surface area contributed by atoms with Crippen LogP contribution >= 0.6 is 11.8 Å². The Kier molecular flexibility index (Phi) is 4.96. The van der Waals surface area contributed by atoms with E-state index in [9.17, 15) is 14.9 Å². The average molecular weight is 271 g/mol. The summed E-state index contributed by atoms with van der Waals surface area (Å²) >= 11 is 1.15. The number of hydrogen-bond acceptors (Lipinski definition) is 5. The second kappa shape index (κ2) is 6.25. The molecule has 1 aromatic rings. The van der Waals surface area contributed by atoms with Crippen molar-refractivity contribution in [3.05, 3.63) is 28.3 Å². The molecule has 6 nitrogen and oxygen atoms in total. The smallest absolute Gasteiger partial charge is 0.324 e. The highest BCUT2D eigenvalue weighted by atomic mass is 32.2. The van der Waals surface area contributed by atoms with Gasteiger partial charge in [0.15, 0.2) is 5.75 Å². The SMILES string of the molecule is COc1cccc(SC(C)CC(=O)O)c1[N+](=O)[O-]. The van der Waals surface area contributed by atoms with Gasteiger partial charge in [0.25, 0.3) is 0 Å². The summed E-state index contributed by atoms with van der Waals surface area (Å²) < 4.78 is 4.94. The first-order valence-electron chi connectivity index (χ1n) is 5.15. The topological polar surface area (TPSA) is 89.7 Å². The molecule has 0 aliphatic carbocycles. The first-order valence-corrected chi connectivity index (χ1v) is 6.03. The number of methoxy groups -OCH3 is 1. The second-order valence-corrected chi connectivity index (χ2v) is 5.07. The van der Waals surface area contributed by atoms with Crippen LogP contribution in [0.1, 0.15) is 13.3 Å². The number of nitro benzene ring substituents is 1. The Morgan fingerprint density at radius 1 is 1.61 bits per heavy atom. The van der Waals surface area contributed by atoms with Crippen molar-refractivity contribution >= 4 is 23.4 Å². The molecular weight excluding hydrogens is 258 g/mol. The number of carboxylic acid groups (broad SMARTS) is 1. The number of benzene rings is 1. The fraction of sp³-hybridized carbons (Fsp3) is 0.364. The fourth-order valence-corrected chi connectivity index (χ4v) is 2.55. The number of aliphatic carboxylic acids is 1. The van der Waals surface area contributed by atoms with Crippen LogP contribution in [0.3, 0.4) is 0 Å². The van der Waals surface area contributed by atoms with E-state index < -0.39 is 10.9 Å². The van der Waals surface area contributed by atoms with Crippen molar-refractivity contribution < 1.29 is 19.6 Å². The van der Waals surface area contributed by atoms with Gasteiger partial charge in [0.05, 0.1) is 23.3 Å².